The van der Waals surface area contributed by atoms with E-state index in [-0.39, 0.29) is 29.2 Å². The number of alkyl halides is 2. The van der Waals surface area contributed by atoms with Crippen molar-refractivity contribution in [1.29, 1.82) is 0 Å². The van der Waals surface area contributed by atoms with E-state index < -0.39 is 76.7 Å². The van der Waals surface area contributed by atoms with Crippen molar-refractivity contribution in [3.05, 3.63) is 28.8 Å². The molecule has 2 aliphatic rings. The lowest BCUT2D eigenvalue weighted by molar-refractivity contribution is -0.357. The number of hydrogen-bond donors (Lipinski definition) is 5. The molecule has 0 unspecified atom stereocenters. The highest BCUT2D eigenvalue weighted by Gasteiger charge is 2.58. The summed E-state index contributed by atoms with van der Waals surface area (Å²) in [6.07, 6.45) is -10.5. The Balaban J connectivity index is 1.89. The summed E-state index contributed by atoms with van der Waals surface area (Å²) in [5.74, 6) is -2.60. The zero-order chi connectivity index (χ0) is 31.0. The first-order valence-corrected chi connectivity index (χ1v) is 16.1. The van der Waals surface area contributed by atoms with E-state index in [1.165, 1.54) is 0 Å². The molecule has 0 amide bonds. The van der Waals surface area contributed by atoms with Crippen LogP contribution in [0.2, 0.25) is 0 Å². The molecule has 3 rings (SSSR count). The standard InChI is InChI=1S/C27H43Cl2NO10S/c1-12(2)15-7-16(13(3)4)24(17(8-15)14(5)6)41(35,36)37-10-19-20(29)22(32)23(33)26(38-19)40-27(11-28)25(34)21(31)18(9-30)39-27/h7-8,12-14,18-23,25-26,31-34H,9-11,30H2,1-6H3/t18-,19-,20+,21-,22+,23-,25+,26-,27+/m1/s1. The van der Waals surface area contributed by atoms with Gasteiger partial charge in [-0.1, -0.05) is 53.7 Å². The molecule has 2 heterocycles. The number of benzene rings is 1. The van der Waals surface area contributed by atoms with E-state index in [0.29, 0.717) is 11.1 Å². The molecule has 6 N–H and O–H groups in total. The molecule has 0 bridgehead atoms. The third-order valence-corrected chi connectivity index (χ3v) is 9.91. The van der Waals surface area contributed by atoms with Crippen LogP contribution in [0.3, 0.4) is 0 Å². The average Bonchev–Trinajstić information content (AvgIpc) is 3.16. The molecule has 0 spiro atoms. The van der Waals surface area contributed by atoms with Gasteiger partial charge >= 0.3 is 0 Å². The molecule has 11 nitrogen and oxygen atoms in total. The van der Waals surface area contributed by atoms with Crippen LogP contribution >= 0.6 is 23.2 Å². The van der Waals surface area contributed by atoms with Crippen LogP contribution in [0.15, 0.2) is 17.0 Å². The van der Waals surface area contributed by atoms with Crippen molar-refractivity contribution < 1.29 is 47.2 Å². The zero-order valence-corrected chi connectivity index (χ0v) is 26.4. The predicted octanol–water partition coefficient (Wildman–Crippen LogP) is 1.85. The molecule has 2 aliphatic heterocycles. The summed E-state index contributed by atoms with van der Waals surface area (Å²) in [7, 11) is -4.35. The van der Waals surface area contributed by atoms with Crippen LogP contribution < -0.4 is 5.73 Å². The number of ether oxygens (including phenoxy) is 3. The zero-order valence-electron chi connectivity index (χ0n) is 24.1. The van der Waals surface area contributed by atoms with Crippen molar-refractivity contribution in [2.75, 3.05) is 19.0 Å². The van der Waals surface area contributed by atoms with Crippen molar-refractivity contribution in [2.24, 2.45) is 5.73 Å². The van der Waals surface area contributed by atoms with Crippen LogP contribution in [0.5, 0.6) is 0 Å². The molecule has 0 saturated carbocycles. The van der Waals surface area contributed by atoms with Gasteiger partial charge in [-0.25, -0.2) is 0 Å². The first kappa shape index (κ1) is 34.9. The van der Waals surface area contributed by atoms with Gasteiger partial charge in [0.1, 0.15) is 41.5 Å². The first-order valence-electron chi connectivity index (χ1n) is 13.7. The normalized spacial score (nSPS) is 34.7. The fraction of sp³-hybridized carbons (Fsp3) is 0.778. The van der Waals surface area contributed by atoms with Gasteiger partial charge in [0.15, 0.2) is 6.29 Å². The van der Waals surface area contributed by atoms with E-state index in [1.54, 1.807) is 0 Å². The monoisotopic (exact) mass is 643 g/mol. The smallest absolute Gasteiger partial charge is 0.297 e. The molecular formula is C27H43Cl2NO10S. The highest BCUT2D eigenvalue weighted by Crippen LogP contribution is 2.39. The number of halogens is 2. The van der Waals surface area contributed by atoms with Gasteiger partial charge in [0.2, 0.25) is 5.79 Å². The molecule has 1 aromatic carbocycles. The Labute approximate surface area is 251 Å². The third kappa shape index (κ3) is 7.05. The lowest BCUT2D eigenvalue weighted by atomic mass is 9.89. The molecule has 14 heteroatoms. The van der Waals surface area contributed by atoms with Crippen LogP contribution in [0, 0.1) is 0 Å². The maximum absolute atomic E-state index is 13.7. The Bertz CT molecular complexity index is 1120. The van der Waals surface area contributed by atoms with Crippen LogP contribution in [-0.2, 0) is 28.5 Å². The van der Waals surface area contributed by atoms with Crippen LogP contribution in [0.4, 0.5) is 0 Å². The quantitative estimate of drug-likeness (QED) is 0.175. The number of aliphatic hydroxyl groups is 4. The van der Waals surface area contributed by atoms with Gasteiger partial charge in [0.25, 0.3) is 10.1 Å². The van der Waals surface area contributed by atoms with E-state index in [1.807, 2.05) is 53.7 Å². The second-order valence-electron chi connectivity index (χ2n) is 11.6. The summed E-state index contributed by atoms with van der Waals surface area (Å²) in [5, 5.41) is 40.8. The van der Waals surface area contributed by atoms with Crippen LogP contribution in [0.25, 0.3) is 0 Å². The van der Waals surface area contributed by atoms with Crippen LogP contribution in [-0.4, -0.2) is 102 Å². The molecule has 0 radical (unpaired) electrons. The summed E-state index contributed by atoms with van der Waals surface area (Å²) in [6.45, 7) is 10.9. The predicted molar refractivity (Wildman–Crippen MR) is 153 cm³/mol. The summed E-state index contributed by atoms with van der Waals surface area (Å²) >= 11 is 12.4. The van der Waals surface area contributed by atoms with Gasteiger partial charge < -0.3 is 40.4 Å². The molecular weight excluding hydrogens is 601 g/mol. The van der Waals surface area contributed by atoms with Crippen molar-refractivity contribution in [2.45, 2.75) is 118 Å². The Kier molecular flexibility index (Phi) is 11.5. The number of hydrogen-bond acceptors (Lipinski definition) is 11. The van der Waals surface area contributed by atoms with Crippen LogP contribution in [0.1, 0.15) is 76.0 Å². The summed E-state index contributed by atoms with van der Waals surface area (Å²) in [6, 6.07) is 3.76. The molecule has 9 atom stereocenters. The number of rotatable bonds is 11. The highest BCUT2D eigenvalue weighted by atomic mass is 35.5. The lowest BCUT2D eigenvalue weighted by Gasteiger charge is -2.43. The molecule has 0 aromatic heterocycles. The van der Waals surface area contributed by atoms with Gasteiger partial charge in [-0.15, -0.1) is 23.2 Å². The largest absolute Gasteiger partial charge is 0.389 e. The average molecular weight is 645 g/mol. The molecule has 2 saturated heterocycles. The van der Waals surface area contributed by atoms with Gasteiger partial charge in [-0.05, 0) is 34.4 Å². The minimum atomic E-state index is -4.35. The fourth-order valence-corrected chi connectivity index (χ4v) is 7.17. The molecule has 0 aliphatic carbocycles. The SMILES string of the molecule is CC(C)c1cc(C(C)C)c(S(=O)(=O)OC[C@H]2O[C@H](O[C@]3(CCl)O[C@H](CN)[C@@H](O)[C@@H]3O)[C@H](O)[C@@H](O)[C@H]2Cl)c(C(C)C)c1. The summed E-state index contributed by atoms with van der Waals surface area (Å²) in [4.78, 5) is 0.0765. The van der Waals surface area contributed by atoms with E-state index in [4.69, 9.17) is 47.3 Å². The lowest BCUT2D eigenvalue weighted by Crippen LogP contribution is -2.61. The summed E-state index contributed by atoms with van der Waals surface area (Å²) in [5.41, 5.74) is 7.84. The van der Waals surface area contributed by atoms with E-state index in [9.17, 15) is 28.8 Å². The number of nitrogens with two attached hydrogens (primary N) is 1. The Hall–Kier alpha value is -0.610. The molecule has 1 aromatic rings. The summed E-state index contributed by atoms with van der Waals surface area (Å²) < 4.78 is 49.9. The molecule has 2 fully saturated rings. The Morgan fingerprint density at radius 2 is 1.51 bits per heavy atom. The van der Waals surface area contributed by atoms with Crippen molar-refractivity contribution in [3.8, 4) is 0 Å². The molecule has 236 valence electrons. The minimum absolute atomic E-state index is 0.0765. The topological polar surface area (TPSA) is 178 Å². The van der Waals surface area contributed by atoms with Gasteiger partial charge in [0.05, 0.1) is 17.9 Å². The Morgan fingerprint density at radius 1 is 0.951 bits per heavy atom. The van der Waals surface area contributed by atoms with E-state index in [0.717, 1.165) is 5.56 Å². The van der Waals surface area contributed by atoms with Gasteiger partial charge in [-0.3, -0.25) is 4.18 Å². The van der Waals surface area contributed by atoms with Crippen molar-refractivity contribution in [3.63, 3.8) is 0 Å². The van der Waals surface area contributed by atoms with E-state index in [2.05, 4.69) is 0 Å². The fourth-order valence-electron chi connectivity index (χ4n) is 5.00. The second-order valence-corrected chi connectivity index (χ2v) is 13.9. The first-order chi connectivity index (χ1) is 19.0. The Morgan fingerprint density at radius 3 is 1.95 bits per heavy atom. The maximum Gasteiger partial charge on any atom is 0.297 e. The van der Waals surface area contributed by atoms with Crippen molar-refractivity contribution in [1.82, 2.24) is 0 Å². The third-order valence-electron chi connectivity index (χ3n) is 7.58. The number of aliphatic hydroxyl groups excluding tert-OH is 4. The minimum Gasteiger partial charge on any atom is -0.389 e. The van der Waals surface area contributed by atoms with Gasteiger partial charge in [0, 0.05) is 6.54 Å². The van der Waals surface area contributed by atoms with Gasteiger partial charge in [-0.2, -0.15) is 8.42 Å². The highest BCUT2D eigenvalue weighted by molar-refractivity contribution is 7.86. The van der Waals surface area contributed by atoms with Crippen molar-refractivity contribution >= 4 is 33.3 Å². The molecule has 41 heavy (non-hydrogen) atoms. The van der Waals surface area contributed by atoms with E-state index >= 15 is 0 Å². The second kappa shape index (κ2) is 13.6. The maximum atomic E-state index is 13.7.